The minimum Gasteiger partial charge on any atom is -0.383 e. The third-order valence-electron chi connectivity index (χ3n) is 3.09. The van der Waals surface area contributed by atoms with E-state index in [9.17, 15) is 21.2 Å². The van der Waals surface area contributed by atoms with Crippen LogP contribution in [0.3, 0.4) is 0 Å². The van der Waals surface area contributed by atoms with Crippen LogP contribution in [0.4, 0.5) is 4.39 Å². The van der Waals surface area contributed by atoms with E-state index in [2.05, 4.69) is 4.72 Å². The molecule has 0 saturated carbocycles. The first-order valence-electron chi connectivity index (χ1n) is 6.78. The number of sulfonamides is 2. The normalized spacial score (nSPS) is 12.7. The zero-order valence-corrected chi connectivity index (χ0v) is 14.9. The summed E-state index contributed by atoms with van der Waals surface area (Å²) in [5.74, 6) is -0.524. The fourth-order valence-electron chi connectivity index (χ4n) is 1.93. The molecule has 0 heterocycles. The van der Waals surface area contributed by atoms with Crippen molar-refractivity contribution in [3.8, 4) is 0 Å². The lowest BCUT2D eigenvalue weighted by Crippen LogP contribution is -2.39. The number of nitrogens with one attached hydrogen (secondary N) is 1. The van der Waals surface area contributed by atoms with Crippen LogP contribution in [0.15, 0.2) is 23.1 Å². The van der Waals surface area contributed by atoms with Gasteiger partial charge in [0.2, 0.25) is 20.0 Å². The highest BCUT2D eigenvalue weighted by molar-refractivity contribution is 7.89. The van der Waals surface area contributed by atoms with Gasteiger partial charge in [-0.3, -0.25) is 0 Å². The molecule has 0 bridgehead atoms. The summed E-state index contributed by atoms with van der Waals surface area (Å²) >= 11 is 0. The van der Waals surface area contributed by atoms with Gasteiger partial charge < -0.3 is 4.74 Å². The van der Waals surface area contributed by atoms with Gasteiger partial charge in [0.25, 0.3) is 0 Å². The Hall–Kier alpha value is -1.07. The Morgan fingerprint density at radius 1 is 1.22 bits per heavy atom. The van der Waals surface area contributed by atoms with Crippen molar-refractivity contribution in [1.29, 1.82) is 0 Å². The number of nitrogens with zero attached hydrogens (tertiary/aromatic N) is 1. The molecule has 0 aliphatic rings. The van der Waals surface area contributed by atoms with E-state index in [-0.39, 0.29) is 36.7 Å². The monoisotopic (exact) mass is 368 g/mol. The van der Waals surface area contributed by atoms with E-state index in [4.69, 9.17) is 4.74 Å². The summed E-state index contributed by atoms with van der Waals surface area (Å²) in [5.41, 5.74) is 0.275. The fraction of sp³-hybridized carbons (Fsp3) is 0.538. The Morgan fingerprint density at radius 2 is 1.87 bits per heavy atom. The van der Waals surface area contributed by atoms with Crippen molar-refractivity contribution in [3.05, 3.63) is 29.6 Å². The van der Waals surface area contributed by atoms with Gasteiger partial charge >= 0.3 is 0 Å². The van der Waals surface area contributed by atoms with Crippen LogP contribution in [0.25, 0.3) is 0 Å². The Morgan fingerprint density at radius 3 is 2.39 bits per heavy atom. The third kappa shape index (κ3) is 6.15. The standard InChI is InChI=1S/C13H21FN2O5S2/c1-11-10-12(14)4-5-13(11)23(19,20)15-6-7-16(8-9-21-2)22(3,17)18/h4-5,10,15H,6-9H2,1-3H3. The summed E-state index contributed by atoms with van der Waals surface area (Å²) in [4.78, 5) is -0.0401. The molecule has 0 radical (unpaired) electrons. The second-order valence-corrected chi connectivity index (χ2v) is 8.68. The molecular weight excluding hydrogens is 347 g/mol. The Balaban J connectivity index is 2.75. The molecule has 0 atom stereocenters. The van der Waals surface area contributed by atoms with E-state index in [0.717, 1.165) is 22.7 Å². The first kappa shape index (κ1) is 20.0. The van der Waals surface area contributed by atoms with Gasteiger partial charge in [0.15, 0.2) is 0 Å². The van der Waals surface area contributed by atoms with Gasteiger partial charge in [-0.15, -0.1) is 0 Å². The molecule has 0 aromatic heterocycles. The van der Waals surface area contributed by atoms with Crippen molar-refractivity contribution in [2.75, 3.05) is 39.6 Å². The maximum atomic E-state index is 13.0. The highest BCUT2D eigenvalue weighted by atomic mass is 32.2. The molecule has 7 nitrogen and oxygen atoms in total. The molecule has 0 aliphatic carbocycles. The Kier molecular flexibility index (Phi) is 7.08. The van der Waals surface area contributed by atoms with E-state index in [0.29, 0.717) is 0 Å². The number of rotatable bonds is 9. The predicted octanol–water partition coefficient (Wildman–Crippen LogP) is 0.320. The highest BCUT2D eigenvalue weighted by Gasteiger charge is 2.20. The van der Waals surface area contributed by atoms with Gasteiger partial charge in [-0.05, 0) is 30.7 Å². The molecule has 0 fully saturated rings. The van der Waals surface area contributed by atoms with Crippen LogP contribution in [-0.2, 0) is 24.8 Å². The van der Waals surface area contributed by atoms with Crippen molar-refractivity contribution in [2.24, 2.45) is 0 Å². The summed E-state index contributed by atoms with van der Waals surface area (Å²) < 4.78 is 68.9. The Bertz CT molecular complexity index is 735. The molecule has 0 aliphatic heterocycles. The maximum absolute atomic E-state index is 13.0. The quantitative estimate of drug-likeness (QED) is 0.678. The zero-order valence-electron chi connectivity index (χ0n) is 13.2. The van der Waals surface area contributed by atoms with E-state index in [1.165, 1.54) is 20.1 Å². The van der Waals surface area contributed by atoms with Gasteiger partial charge in [0.1, 0.15) is 5.82 Å². The number of halogens is 1. The molecule has 10 heteroatoms. The molecule has 0 saturated heterocycles. The van der Waals surface area contributed by atoms with E-state index >= 15 is 0 Å². The molecular formula is C13H21FN2O5S2. The van der Waals surface area contributed by atoms with Crippen LogP contribution >= 0.6 is 0 Å². The van der Waals surface area contributed by atoms with Gasteiger partial charge in [-0.1, -0.05) is 0 Å². The number of benzene rings is 1. The van der Waals surface area contributed by atoms with Gasteiger partial charge in [-0.2, -0.15) is 4.31 Å². The lowest BCUT2D eigenvalue weighted by atomic mass is 10.2. The predicted molar refractivity (Wildman–Crippen MR) is 84.6 cm³/mol. The summed E-state index contributed by atoms with van der Waals surface area (Å²) in [6.07, 6.45) is 1.04. The van der Waals surface area contributed by atoms with Crippen LogP contribution in [0.2, 0.25) is 0 Å². The van der Waals surface area contributed by atoms with Crippen LogP contribution < -0.4 is 4.72 Å². The molecule has 0 unspecified atom stereocenters. The molecule has 0 spiro atoms. The van der Waals surface area contributed by atoms with Gasteiger partial charge in [-0.25, -0.2) is 25.9 Å². The number of hydrogen-bond donors (Lipinski definition) is 1. The average molecular weight is 368 g/mol. The molecule has 0 amide bonds. The fourth-order valence-corrected chi connectivity index (χ4v) is 4.01. The van der Waals surface area contributed by atoms with Crippen molar-refractivity contribution >= 4 is 20.0 Å². The topological polar surface area (TPSA) is 92.8 Å². The second-order valence-electron chi connectivity index (χ2n) is 4.96. The average Bonchev–Trinajstić information content (AvgIpc) is 2.40. The molecule has 23 heavy (non-hydrogen) atoms. The summed E-state index contributed by atoms with van der Waals surface area (Å²) in [6, 6.07) is 3.35. The van der Waals surface area contributed by atoms with Gasteiger partial charge in [0.05, 0.1) is 17.8 Å². The number of aryl methyl sites for hydroxylation is 1. The molecule has 1 aromatic rings. The third-order valence-corrected chi connectivity index (χ3v) is 6.02. The molecule has 1 rings (SSSR count). The molecule has 1 aromatic carbocycles. The summed E-state index contributed by atoms with van der Waals surface area (Å²) in [5, 5.41) is 0. The second kappa shape index (κ2) is 8.15. The lowest BCUT2D eigenvalue weighted by Gasteiger charge is -2.19. The minimum atomic E-state index is -3.84. The smallest absolute Gasteiger partial charge is 0.240 e. The van der Waals surface area contributed by atoms with Crippen LogP contribution in [-0.4, -0.2) is 60.7 Å². The van der Waals surface area contributed by atoms with E-state index < -0.39 is 25.9 Å². The SMILES string of the molecule is COCCN(CCNS(=O)(=O)c1ccc(F)cc1C)S(C)(=O)=O. The lowest BCUT2D eigenvalue weighted by molar-refractivity contribution is 0.179. The van der Waals surface area contributed by atoms with Crippen molar-refractivity contribution in [1.82, 2.24) is 9.03 Å². The van der Waals surface area contributed by atoms with Crippen LogP contribution in [0.5, 0.6) is 0 Å². The highest BCUT2D eigenvalue weighted by Crippen LogP contribution is 2.15. The van der Waals surface area contributed by atoms with E-state index in [1.54, 1.807) is 0 Å². The first-order chi connectivity index (χ1) is 10.6. The van der Waals surface area contributed by atoms with Crippen molar-refractivity contribution in [2.45, 2.75) is 11.8 Å². The largest absolute Gasteiger partial charge is 0.383 e. The van der Waals surface area contributed by atoms with Crippen LogP contribution in [0, 0.1) is 12.7 Å². The van der Waals surface area contributed by atoms with Crippen molar-refractivity contribution in [3.63, 3.8) is 0 Å². The maximum Gasteiger partial charge on any atom is 0.240 e. The summed E-state index contributed by atoms with van der Waals surface area (Å²) in [6.45, 7) is 1.69. The van der Waals surface area contributed by atoms with Crippen LogP contribution in [0.1, 0.15) is 5.56 Å². The number of ether oxygens (including phenoxy) is 1. The first-order valence-corrected chi connectivity index (χ1v) is 10.1. The van der Waals surface area contributed by atoms with Gasteiger partial charge in [0, 0.05) is 26.7 Å². The number of hydrogen-bond acceptors (Lipinski definition) is 5. The molecule has 1 N–H and O–H groups in total. The molecule has 132 valence electrons. The number of methoxy groups -OCH3 is 1. The Labute approximate surface area is 136 Å². The minimum absolute atomic E-state index is 0.0261. The van der Waals surface area contributed by atoms with Crippen molar-refractivity contribution < 1.29 is 26.0 Å². The van der Waals surface area contributed by atoms with E-state index in [1.807, 2.05) is 0 Å². The summed E-state index contributed by atoms with van der Waals surface area (Å²) in [7, 11) is -5.86. The zero-order chi connectivity index (χ0) is 17.7.